The number of urea groups is 1. The number of hydrogen-bond acceptors (Lipinski definition) is 4. The maximum atomic E-state index is 12.1. The third-order valence-electron chi connectivity index (χ3n) is 4.32. The lowest BCUT2D eigenvalue weighted by Crippen LogP contribution is -2.44. The van der Waals surface area contributed by atoms with Crippen molar-refractivity contribution in [2.24, 2.45) is 0 Å². The summed E-state index contributed by atoms with van der Waals surface area (Å²) in [5.41, 5.74) is 3.99. The van der Waals surface area contributed by atoms with E-state index in [4.69, 9.17) is 4.74 Å². The first-order valence-electron chi connectivity index (χ1n) is 8.32. The van der Waals surface area contributed by atoms with E-state index in [1.807, 2.05) is 0 Å². The van der Waals surface area contributed by atoms with Crippen LogP contribution < -0.4 is 10.6 Å². The van der Waals surface area contributed by atoms with Crippen LogP contribution in [0, 0.1) is 0 Å². The van der Waals surface area contributed by atoms with Gasteiger partial charge in [-0.1, -0.05) is 24.3 Å². The van der Waals surface area contributed by atoms with E-state index < -0.39 is 0 Å². The van der Waals surface area contributed by atoms with Crippen LogP contribution in [0.3, 0.4) is 0 Å². The van der Waals surface area contributed by atoms with Gasteiger partial charge < -0.3 is 15.4 Å². The van der Waals surface area contributed by atoms with Gasteiger partial charge in [0.25, 0.3) is 0 Å². The van der Waals surface area contributed by atoms with Crippen molar-refractivity contribution in [3.05, 3.63) is 46.7 Å². The largest absolute Gasteiger partial charge is 0.463 e. The molecule has 24 heavy (non-hydrogen) atoms. The second-order valence-electron chi connectivity index (χ2n) is 5.88. The summed E-state index contributed by atoms with van der Waals surface area (Å²) in [4.78, 5) is 23.7. The minimum atomic E-state index is -0.357. The molecule has 128 valence electrons. The zero-order valence-electron chi connectivity index (χ0n) is 13.8. The molecule has 2 N–H and O–H groups in total. The Morgan fingerprint density at radius 2 is 2.21 bits per heavy atom. The number of amides is 2. The highest BCUT2D eigenvalue weighted by atomic mass is 32.2. The number of rotatable bonds is 5. The Bertz CT molecular complexity index is 672. The van der Waals surface area contributed by atoms with Crippen molar-refractivity contribution < 1.29 is 14.3 Å². The molecule has 0 unspecified atom stereocenters. The molecule has 0 saturated carbocycles. The highest BCUT2D eigenvalue weighted by molar-refractivity contribution is 7.99. The number of fused-ring (bicyclic) bond motifs is 1. The lowest BCUT2D eigenvalue weighted by Gasteiger charge is -2.27. The van der Waals surface area contributed by atoms with Crippen LogP contribution in [0.4, 0.5) is 4.79 Å². The zero-order valence-corrected chi connectivity index (χ0v) is 14.6. The molecule has 1 aromatic rings. The number of ether oxygens (including phenoxy) is 1. The Labute approximate surface area is 146 Å². The fraction of sp³-hybridized carbons (Fsp3) is 0.444. The fourth-order valence-corrected chi connectivity index (χ4v) is 4.49. The SMILES string of the molecule is CCOC(=O)C1=C(CS[C@H]2CCCc3ccccc32)NC(=O)NC1. The summed E-state index contributed by atoms with van der Waals surface area (Å²) in [6.45, 7) is 2.33. The maximum absolute atomic E-state index is 12.1. The minimum absolute atomic E-state index is 0.224. The Morgan fingerprint density at radius 1 is 1.38 bits per heavy atom. The third-order valence-corrected chi connectivity index (χ3v) is 5.67. The molecule has 0 spiro atoms. The van der Waals surface area contributed by atoms with E-state index >= 15 is 0 Å². The van der Waals surface area contributed by atoms with Crippen molar-refractivity contribution in [2.75, 3.05) is 18.9 Å². The smallest absolute Gasteiger partial charge is 0.337 e. The molecule has 2 amide bonds. The Balaban J connectivity index is 1.74. The van der Waals surface area contributed by atoms with Crippen LogP contribution in [0.1, 0.15) is 36.1 Å². The van der Waals surface area contributed by atoms with E-state index in [-0.39, 0.29) is 18.5 Å². The standard InChI is InChI=1S/C18H22N2O3S/c1-2-23-17(21)14-10-19-18(22)20-15(14)11-24-16-9-5-7-12-6-3-4-8-13(12)16/h3-4,6,8,16H,2,5,7,9-11H2,1H3,(H2,19,20,22)/t16-/m0/s1. The molecule has 0 bridgehead atoms. The first-order valence-corrected chi connectivity index (χ1v) is 9.37. The third kappa shape index (κ3) is 3.75. The van der Waals surface area contributed by atoms with Crippen LogP contribution in [0.2, 0.25) is 0 Å². The van der Waals surface area contributed by atoms with Crippen LogP contribution in [0.25, 0.3) is 0 Å². The van der Waals surface area contributed by atoms with Crippen molar-refractivity contribution in [3.8, 4) is 0 Å². The summed E-state index contributed by atoms with van der Waals surface area (Å²) in [7, 11) is 0. The van der Waals surface area contributed by atoms with Gasteiger partial charge in [0, 0.05) is 16.7 Å². The summed E-state index contributed by atoms with van der Waals surface area (Å²) in [5.74, 6) is 0.241. The lowest BCUT2D eigenvalue weighted by atomic mass is 9.91. The number of benzene rings is 1. The molecule has 0 fully saturated rings. The summed E-state index contributed by atoms with van der Waals surface area (Å²) in [6, 6.07) is 8.28. The van der Waals surface area contributed by atoms with Gasteiger partial charge in [-0.15, -0.1) is 11.8 Å². The van der Waals surface area contributed by atoms with Crippen LogP contribution >= 0.6 is 11.8 Å². The van der Waals surface area contributed by atoms with Crippen molar-refractivity contribution in [1.29, 1.82) is 0 Å². The molecule has 0 saturated heterocycles. The molecule has 1 aliphatic heterocycles. The van der Waals surface area contributed by atoms with Gasteiger partial charge in [0.1, 0.15) is 0 Å². The normalized spacial score (nSPS) is 20.0. The van der Waals surface area contributed by atoms with Gasteiger partial charge in [0.15, 0.2) is 0 Å². The molecule has 1 aromatic carbocycles. The number of carbonyl (C=O) groups excluding carboxylic acids is 2. The molecular weight excluding hydrogens is 324 g/mol. The minimum Gasteiger partial charge on any atom is -0.463 e. The number of hydrogen-bond donors (Lipinski definition) is 2. The topological polar surface area (TPSA) is 67.4 Å². The predicted molar refractivity (Wildman–Crippen MR) is 94.8 cm³/mol. The van der Waals surface area contributed by atoms with E-state index in [9.17, 15) is 9.59 Å². The number of nitrogens with one attached hydrogen (secondary N) is 2. The molecular formula is C18H22N2O3S. The molecule has 0 aromatic heterocycles. The first-order chi connectivity index (χ1) is 11.7. The van der Waals surface area contributed by atoms with Gasteiger partial charge in [0.05, 0.1) is 18.7 Å². The quantitative estimate of drug-likeness (QED) is 0.805. The van der Waals surface area contributed by atoms with E-state index in [0.29, 0.717) is 28.9 Å². The Kier molecular flexibility index (Phi) is 5.45. The molecule has 5 nitrogen and oxygen atoms in total. The molecule has 1 aliphatic carbocycles. The number of esters is 1. The molecule has 1 atom stereocenters. The van der Waals surface area contributed by atoms with Gasteiger partial charge in [-0.3, -0.25) is 0 Å². The molecule has 2 aliphatic rings. The second-order valence-corrected chi connectivity index (χ2v) is 7.07. The summed E-state index contributed by atoms with van der Waals surface area (Å²) in [5, 5.41) is 5.81. The molecule has 3 rings (SSSR count). The highest BCUT2D eigenvalue weighted by Gasteiger charge is 2.26. The summed E-state index contributed by atoms with van der Waals surface area (Å²) < 4.78 is 5.10. The predicted octanol–water partition coefficient (Wildman–Crippen LogP) is 2.93. The average Bonchev–Trinajstić information content (AvgIpc) is 2.60. The maximum Gasteiger partial charge on any atom is 0.337 e. The fourth-order valence-electron chi connectivity index (χ4n) is 3.14. The molecule has 1 heterocycles. The van der Waals surface area contributed by atoms with E-state index in [0.717, 1.165) is 12.8 Å². The lowest BCUT2D eigenvalue weighted by molar-refractivity contribution is -0.138. The van der Waals surface area contributed by atoms with Gasteiger partial charge in [-0.05, 0) is 37.3 Å². The van der Waals surface area contributed by atoms with Gasteiger partial charge in [-0.2, -0.15) is 0 Å². The molecule has 6 heteroatoms. The van der Waals surface area contributed by atoms with Crippen molar-refractivity contribution >= 4 is 23.8 Å². The van der Waals surface area contributed by atoms with E-state index in [1.54, 1.807) is 18.7 Å². The van der Waals surface area contributed by atoms with Gasteiger partial charge >= 0.3 is 12.0 Å². The Morgan fingerprint density at radius 3 is 3.04 bits per heavy atom. The van der Waals surface area contributed by atoms with Crippen molar-refractivity contribution in [2.45, 2.75) is 31.4 Å². The number of aryl methyl sites for hydroxylation is 1. The highest BCUT2D eigenvalue weighted by Crippen LogP contribution is 2.40. The second kappa shape index (κ2) is 7.75. The number of thioether (sulfide) groups is 1. The van der Waals surface area contributed by atoms with Crippen LogP contribution in [-0.4, -0.2) is 30.9 Å². The average molecular weight is 346 g/mol. The zero-order chi connectivity index (χ0) is 16.9. The number of carbonyl (C=O) groups is 2. The monoisotopic (exact) mass is 346 g/mol. The van der Waals surface area contributed by atoms with Crippen molar-refractivity contribution in [3.63, 3.8) is 0 Å². The summed E-state index contributed by atoms with van der Waals surface area (Å²) >= 11 is 1.78. The van der Waals surface area contributed by atoms with Crippen LogP contribution in [0.15, 0.2) is 35.5 Å². The summed E-state index contributed by atoms with van der Waals surface area (Å²) in [6.07, 6.45) is 3.42. The van der Waals surface area contributed by atoms with Crippen LogP contribution in [-0.2, 0) is 16.0 Å². The van der Waals surface area contributed by atoms with E-state index in [1.165, 1.54) is 17.5 Å². The van der Waals surface area contributed by atoms with E-state index in [2.05, 4.69) is 34.9 Å². The van der Waals surface area contributed by atoms with Crippen LogP contribution in [0.5, 0.6) is 0 Å². The van der Waals surface area contributed by atoms with Gasteiger partial charge in [-0.25, -0.2) is 9.59 Å². The Hall–Kier alpha value is -1.95. The van der Waals surface area contributed by atoms with Crippen molar-refractivity contribution in [1.82, 2.24) is 10.6 Å². The molecule has 0 radical (unpaired) electrons. The first kappa shape index (κ1) is 16.9. The van der Waals surface area contributed by atoms with Gasteiger partial charge in [0.2, 0.25) is 0 Å².